The number of Topliss-reactive ketones (excluding diaryl/α,β-unsaturated/α-hetero) is 2. The lowest BCUT2D eigenvalue weighted by Gasteiger charge is -2.60. The van der Waals surface area contributed by atoms with Gasteiger partial charge in [0.15, 0.2) is 0 Å². The summed E-state index contributed by atoms with van der Waals surface area (Å²) >= 11 is 0. The first-order valence-corrected chi connectivity index (χ1v) is 9.56. The minimum absolute atomic E-state index is 0.00653. The van der Waals surface area contributed by atoms with Crippen LogP contribution in [-0.4, -0.2) is 11.6 Å². The summed E-state index contributed by atoms with van der Waals surface area (Å²) in [7, 11) is 0. The molecule has 0 aromatic heterocycles. The summed E-state index contributed by atoms with van der Waals surface area (Å²) in [6.45, 7) is 4.62. The molecular formula is C20H30O2. The zero-order chi connectivity index (χ0) is 15.5. The second kappa shape index (κ2) is 4.92. The Hall–Kier alpha value is -0.660. The van der Waals surface area contributed by atoms with E-state index in [1.54, 1.807) is 0 Å². The van der Waals surface area contributed by atoms with Crippen LogP contribution in [-0.2, 0) is 9.59 Å². The number of carbonyl (C=O) groups excluding carboxylic acids is 2. The van der Waals surface area contributed by atoms with Crippen LogP contribution < -0.4 is 0 Å². The number of hydrogen-bond acceptors (Lipinski definition) is 2. The largest absolute Gasteiger partial charge is 0.300 e. The predicted molar refractivity (Wildman–Crippen MR) is 86.4 cm³/mol. The van der Waals surface area contributed by atoms with Crippen LogP contribution in [0.1, 0.15) is 78.1 Å². The molecule has 4 fully saturated rings. The summed E-state index contributed by atoms with van der Waals surface area (Å²) in [5.74, 6) is 3.87. The van der Waals surface area contributed by atoms with Crippen molar-refractivity contribution in [2.75, 3.05) is 0 Å². The number of ketones is 2. The van der Waals surface area contributed by atoms with Crippen molar-refractivity contribution < 1.29 is 9.59 Å². The van der Waals surface area contributed by atoms with E-state index in [0.717, 1.165) is 50.4 Å². The fourth-order valence-corrected chi connectivity index (χ4v) is 7.33. The van der Waals surface area contributed by atoms with Gasteiger partial charge in [-0.2, -0.15) is 0 Å². The SMILES string of the molecule is CC[C@]12CCC(=O)C[C@H]1CC[C@@H]1C2CC[C@]2(C)C(=O)CCC12. The first kappa shape index (κ1) is 14.9. The monoisotopic (exact) mass is 302 g/mol. The van der Waals surface area contributed by atoms with Crippen molar-refractivity contribution in [3.05, 3.63) is 0 Å². The van der Waals surface area contributed by atoms with Gasteiger partial charge in [-0.3, -0.25) is 9.59 Å². The Morgan fingerprint density at radius 3 is 2.59 bits per heavy atom. The molecule has 0 N–H and O–H groups in total. The zero-order valence-corrected chi connectivity index (χ0v) is 14.2. The highest BCUT2D eigenvalue weighted by atomic mass is 16.1. The van der Waals surface area contributed by atoms with Crippen molar-refractivity contribution in [2.45, 2.75) is 78.1 Å². The van der Waals surface area contributed by atoms with Gasteiger partial charge in [0.2, 0.25) is 0 Å². The minimum Gasteiger partial charge on any atom is -0.300 e. The molecule has 0 bridgehead atoms. The van der Waals surface area contributed by atoms with Crippen LogP contribution >= 0.6 is 0 Å². The van der Waals surface area contributed by atoms with Gasteiger partial charge in [-0.15, -0.1) is 0 Å². The van der Waals surface area contributed by atoms with Gasteiger partial charge in [0.25, 0.3) is 0 Å². The summed E-state index contributed by atoms with van der Waals surface area (Å²) < 4.78 is 0. The number of hydrogen-bond donors (Lipinski definition) is 0. The van der Waals surface area contributed by atoms with Crippen molar-refractivity contribution in [1.29, 1.82) is 0 Å². The van der Waals surface area contributed by atoms with Gasteiger partial charge in [0.05, 0.1) is 0 Å². The van der Waals surface area contributed by atoms with Crippen molar-refractivity contribution in [2.24, 2.45) is 34.5 Å². The molecule has 0 aromatic rings. The third kappa shape index (κ3) is 1.79. The lowest BCUT2D eigenvalue weighted by atomic mass is 9.44. The van der Waals surface area contributed by atoms with Crippen LogP contribution in [0.25, 0.3) is 0 Å². The van der Waals surface area contributed by atoms with E-state index in [1.807, 2.05) is 0 Å². The van der Waals surface area contributed by atoms with E-state index in [-0.39, 0.29) is 5.41 Å². The second-order valence-corrected chi connectivity index (χ2v) is 8.90. The zero-order valence-electron chi connectivity index (χ0n) is 14.2. The van der Waals surface area contributed by atoms with Crippen molar-refractivity contribution >= 4 is 11.6 Å². The van der Waals surface area contributed by atoms with Gasteiger partial charge >= 0.3 is 0 Å². The molecule has 0 radical (unpaired) electrons. The van der Waals surface area contributed by atoms with Crippen LogP contribution in [0.3, 0.4) is 0 Å². The summed E-state index contributed by atoms with van der Waals surface area (Å²) in [6.07, 6.45) is 10.9. The molecule has 0 aromatic carbocycles. The molecule has 0 saturated heterocycles. The van der Waals surface area contributed by atoms with Crippen LogP contribution in [0.4, 0.5) is 0 Å². The van der Waals surface area contributed by atoms with Crippen molar-refractivity contribution in [3.63, 3.8) is 0 Å². The first-order valence-electron chi connectivity index (χ1n) is 9.56. The topological polar surface area (TPSA) is 34.1 Å². The Bertz CT molecular complexity index is 510. The third-order valence-electron chi connectivity index (χ3n) is 8.55. The van der Waals surface area contributed by atoms with Gasteiger partial charge in [0, 0.05) is 24.7 Å². The summed E-state index contributed by atoms with van der Waals surface area (Å²) in [4.78, 5) is 24.4. The standard InChI is InChI=1S/C20H30O2/c1-3-20-11-8-14(21)12-13(20)4-5-15-16-6-7-18(22)19(16,2)10-9-17(15)20/h13,15-17H,3-12H2,1-2H3/t13-,15+,16?,17?,19+,20+/m1/s1. The maximum absolute atomic E-state index is 12.4. The highest BCUT2D eigenvalue weighted by molar-refractivity contribution is 5.87. The van der Waals surface area contributed by atoms with Gasteiger partial charge in [-0.1, -0.05) is 13.8 Å². The fraction of sp³-hybridized carbons (Fsp3) is 0.900. The molecule has 2 heteroatoms. The first-order chi connectivity index (χ1) is 10.5. The summed E-state index contributed by atoms with van der Waals surface area (Å²) in [5.41, 5.74) is 0.414. The number of fused-ring (bicyclic) bond motifs is 5. The molecule has 4 aliphatic carbocycles. The molecular weight excluding hydrogens is 272 g/mol. The molecule has 4 rings (SSSR count). The average Bonchev–Trinajstić information content (AvgIpc) is 2.82. The lowest BCUT2D eigenvalue weighted by Crippen LogP contribution is -2.54. The van der Waals surface area contributed by atoms with Crippen molar-refractivity contribution in [3.8, 4) is 0 Å². The Balaban J connectivity index is 1.68. The number of carbonyl (C=O) groups is 2. The molecule has 0 amide bonds. The smallest absolute Gasteiger partial charge is 0.139 e. The van der Waals surface area contributed by atoms with Gasteiger partial charge in [0.1, 0.15) is 11.6 Å². The average molecular weight is 302 g/mol. The summed E-state index contributed by atoms with van der Waals surface area (Å²) in [5, 5.41) is 0. The molecule has 22 heavy (non-hydrogen) atoms. The van der Waals surface area contributed by atoms with E-state index in [4.69, 9.17) is 0 Å². The highest BCUT2D eigenvalue weighted by Gasteiger charge is 2.60. The van der Waals surface area contributed by atoms with Crippen LogP contribution in [0.2, 0.25) is 0 Å². The molecule has 6 atom stereocenters. The normalized spacial score (nSPS) is 51.2. The Morgan fingerprint density at radius 2 is 1.82 bits per heavy atom. The fourth-order valence-electron chi connectivity index (χ4n) is 7.33. The highest BCUT2D eigenvalue weighted by Crippen LogP contribution is 2.66. The molecule has 0 aliphatic heterocycles. The number of rotatable bonds is 1. The molecule has 0 heterocycles. The van der Waals surface area contributed by atoms with E-state index < -0.39 is 0 Å². The molecule has 2 unspecified atom stereocenters. The third-order valence-corrected chi connectivity index (χ3v) is 8.55. The minimum atomic E-state index is -0.00653. The van der Waals surface area contributed by atoms with Crippen LogP contribution in [0, 0.1) is 34.5 Å². The predicted octanol–water partition coefficient (Wildman–Crippen LogP) is 4.56. The Kier molecular flexibility index (Phi) is 3.33. The van der Waals surface area contributed by atoms with Crippen LogP contribution in [0.5, 0.6) is 0 Å². The van der Waals surface area contributed by atoms with E-state index in [0.29, 0.717) is 28.8 Å². The Labute approximate surface area is 134 Å². The maximum atomic E-state index is 12.4. The molecule has 122 valence electrons. The maximum Gasteiger partial charge on any atom is 0.139 e. The van der Waals surface area contributed by atoms with E-state index >= 15 is 0 Å². The molecule has 4 aliphatic rings. The van der Waals surface area contributed by atoms with E-state index in [9.17, 15) is 9.59 Å². The molecule has 0 spiro atoms. The van der Waals surface area contributed by atoms with E-state index in [1.165, 1.54) is 25.7 Å². The summed E-state index contributed by atoms with van der Waals surface area (Å²) in [6, 6.07) is 0. The van der Waals surface area contributed by atoms with Crippen LogP contribution in [0.15, 0.2) is 0 Å². The van der Waals surface area contributed by atoms with Gasteiger partial charge < -0.3 is 0 Å². The quantitative estimate of drug-likeness (QED) is 0.711. The van der Waals surface area contributed by atoms with E-state index in [2.05, 4.69) is 13.8 Å². The van der Waals surface area contributed by atoms with Gasteiger partial charge in [-0.05, 0) is 74.0 Å². The molecule has 2 nitrogen and oxygen atoms in total. The van der Waals surface area contributed by atoms with Gasteiger partial charge in [-0.25, -0.2) is 0 Å². The second-order valence-electron chi connectivity index (χ2n) is 8.90. The Morgan fingerprint density at radius 1 is 1.00 bits per heavy atom. The molecule has 4 saturated carbocycles. The van der Waals surface area contributed by atoms with Crippen molar-refractivity contribution in [1.82, 2.24) is 0 Å². The lowest BCUT2D eigenvalue weighted by molar-refractivity contribution is -0.147.